The molecule has 1 aromatic carbocycles. The van der Waals surface area contributed by atoms with Crippen molar-refractivity contribution >= 4 is 11.6 Å². The quantitative estimate of drug-likeness (QED) is 0.893. The Kier molecular flexibility index (Phi) is 5.16. The zero-order chi connectivity index (χ0) is 13.8. The minimum Gasteiger partial charge on any atom is -0.392 e. The second-order valence-electron chi connectivity index (χ2n) is 4.95. The third-order valence-electron chi connectivity index (χ3n) is 3.72. The molecule has 3 N–H and O–H groups in total. The molecule has 5 heteroatoms. The number of halogens is 2. The van der Waals surface area contributed by atoms with Crippen LogP contribution in [0.1, 0.15) is 24.3 Å². The summed E-state index contributed by atoms with van der Waals surface area (Å²) in [6, 6.07) is 4.51. The molecule has 2 rings (SSSR count). The Balaban J connectivity index is 2.23. The third-order valence-corrected chi connectivity index (χ3v) is 4.04. The molecular formula is C14H19ClFNO2. The second kappa shape index (κ2) is 6.66. The van der Waals surface area contributed by atoms with Gasteiger partial charge >= 0.3 is 0 Å². The lowest BCUT2D eigenvalue weighted by Crippen LogP contribution is -2.37. The van der Waals surface area contributed by atoms with Crippen LogP contribution in [0.15, 0.2) is 18.2 Å². The average molecular weight is 288 g/mol. The highest BCUT2D eigenvalue weighted by Crippen LogP contribution is 2.33. The first kappa shape index (κ1) is 14.7. The number of rotatable bonds is 4. The Hall–Kier alpha value is -0.680. The van der Waals surface area contributed by atoms with Crippen LogP contribution in [0.25, 0.3) is 0 Å². The van der Waals surface area contributed by atoms with E-state index < -0.39 is 17.8 Å². The number of ether oxygens (including phenoxy) is 1. The highest BCUT2D eigenvalue weighted by molar-refractivity contribution is 6.31. The molecule has 0 radical (unpaired) electrons. The summed E-state index contributed by atoms with van der Waals surface area (Å²) < 4.78 is 19.3. The van der Waals surface area contributed by atoms with E-state index in [1.165, 1.54) is 6.07 Å². The minimum atomic E-state index is -0.736. The van der Waals surface area contributed by atoms with Gasteiger partial charge in [-0.05, 0) is 25.0 Å². The molecular weight excluding hydrogens is 269 g/mol. The summed E-state index contributed by atoms with van der Waals surface area (Å²) in [6.07, 6.45) is 1.04. The highest BCUT2D eigenvalue weighted by atomic mass is 35.5. The lowest BCUT2D eigenvalue weighted by Gasteiger charge is -2.32. The van der Waals surface area contributed by atoms with Crippen LogP contribution < -0.4 is 5.73 Å². The number of hydrogen-bond donors (Lipinski definition) is 2. The van der Waals surface area contributed by atoms with Crippen molar-refractivity contribution in [3.05, 3.63) is 34.6 Å². The number of aliphatic hydroxyl groups excluding tert-OH is 1. The molecule has 0 bridgehead atoms. The van der Waals surface area contributed by atoms with E-state index in [4.69, 9.17) is 22.1 Å². The molecule has 1 saturated heterocycles. The van der Waals surface area contributed by atoms with Crippen LogP contribution in [0, 0.1) is 11.7 Å². The van der Waals surface area contributed by atoms with Gasteiger partial charge in [0.05, 0.1) is 12.7 Å². The molecule has 0 spiro atoms. The average Bonchev–Trinajstić information content (AvgIpc) is 2.43. The smallest absolute Gasteiger partial charge is 0.128 e. The lowest BCUT2D eigenvalue weighted by molar-refractivity contribution is -0.0188. The standard InChI is InChI=1S/C14H19ClFNO2/c15-11-4-1-5-12(16)13(11)10(7-17)14(18)9-3-2-6-19-8-9/h1,4-5,9-10,14,18H,2-3,6-8,17H2. The number of nitrogens with two attached hydrogens (primary N) is 1. The van der Waals surface area contributed by atoms with E-state index in [2.05, 4.69) is 0 Å². The van der Waals surface area contributed by atoms with Gasteiger partial charge in [0.1, 0.15) is 5.82 Å². The van der Waals surface area contributed by atoms with Gasteiger partial charge in [0, 0.05) is 35.6 Å². The van der Waals surface area contributed by atoms with E-state index in [1.807, 2.05) is 0 Å². The van der Waals surface area contributed by atoms with E-state index in [-0.39, 0.29) is 12.5 Å². The van der Waals surface area contributed by atoms with Gasteiger partial charge in [-0.15, -0.1) is 0 Å². The summed E-state index contributed by atoms with van der Waals surface area (Å²) in [7, 11) is 0. The lowest BCUT2D eigenvalue weighted by atomic mass is 9.83. The number of aliphatic hydroxyl groups is 1. The molecule has 1 aliphatic rings. The van der Waals surface area contributed by atoms with Crippen molar-refractivity contribution in [3.8, 4) is 0 Å². The summed E-state index contributed by atoms with van der Waals surface area (Å²) in [4.78, 5) is 0. The zero-order valence-electron chi connectivity index (χ0n) is 10.7. The molecule has 106 valence electrons. The van der Waals surface area contributed by atoms with Crippen molar-refractivity contribution in [2.24, 2.45) is 11.7 Å². The fourth-order valence-corrected chi connectivity index (χ4v) is 2.96. The van der Waals surface area contributed by atoms with Gasteiger partial charge < -0.3 is 15.6 Å². The van der Waals surface area contributed by atoms with Crippen LogP contribution >= 0.6 is 11.6 Å². The van der Waals surface area contributed by atoms with Crippen LogP contribution in [0.4, 0.5) is 4.39 Å². The first-order valence-electron chi connectivity index (χ1n) is 6.55. The predicted molar refractivity (Wildman–Crippen MR) is 72.8 cm³/mol. The Morgan fingerprint density at radius 1 is 1.53 bits per heavy atom. The topological polar surface area (TPSA) is 55.5 Å². The van der Waals surface area contributed by atoms with Gasteiger partial charge in [-0.1, -0.05) is 17.7 Å². The van der Waals surface area contributed by atoms with Crippen molar-refractivity contribution in [3.63, 3.8) is 0 Å². The van der Waals surface area contributed by atoms with E-state index in [9.17, 15) is 9.50 Å². The number of hydrogen-bond acceptors (Lipinski definition) is 3. The molecule has 1 aliphatic heterocycles. The predicted octanol–water partition coefficient (Wildman–Crippen LogP) is 2.31. The summed E-state index contributed by atoms with van der Waals surface area (Å²) in [5, 5.41) is 10.8. The SMILES string of the molecule is NCC(c1c(F)cccc1Cl)C(O)C1CCCOC1. The van der Waals surface area contributed by atoms with Gasteiger partial charge in [-0.2, -0.15) is 0 Å². The minimum absolute atomic E-state index is 0.0158. The van der Waals surface area contributed by atoms with E-state index >= 15 is 0 Å². The van der Waals surface area contributed by atoms with E-state index in [0.29, 0.717) is 17.2 Å². The maximum Gasteiger partial charge on any atom is 0.128 e. The van der Waals surface area contributed by atoms with Gasteiger partial charge in [0.15, 0.2) is 0 Å². The third kappa shape index (κ3) is 3.26. The van der Waals surface area contributed by atoms with Crippen molar-refractivity contribution in [1.82, 2.24) is 0 Å². The van der Waals surface area contributed by atoms with Crippen LogP contribution in [0.5, 0.6) is 0 Å². The Morgan fingerprint density at radius 2 is 2.32 bits per heavy atom. The Bertz CT molecular complexity index is 404. The molecule has 3 unspecified atom stereocenters. The van der Waals surface area contributed by atoms with Gasteiger partial charge in [0.25, 0.3) is 0 Å². The fourth-order valence-electron chi connectivity index (χ4n) is 2.66. The molecule has 0 saturated carbocycles. The summed E-state index contributed by atoms with van der Waals surface area (Å²) in [5.41, 5.74) is 6.03. The maximum absolute atomic E-state index is 13.9. The molecule has 3 atom stereocenters. The van der Waals surface area contributed by atoms with Crippen molar-refractivity contribution in [1.29, 1.82) is 0 Å². The second-order valence-corrected chi connectivity index (χ2v) is 5.35. The first-order valence-corrected chi connectivity index (χ1v) is 6.92. The van der Waals surface area contributed by atoms with E-state index in [1.54, 1.807) is 12.1 Å². The molecule has 19 heavy (non-hydrogen) atoms. The molecule has 3 nitrogen and oxygen atoms in total. The molecule has 0 aromatic heterocycles. The van der Waals surface area contributed by atoms with Crippen LogP contribution in [0.2, 0.25) is 5.02 Å². The summed E-state index contributed by atoms with van der Waals surface area (Å²) in [6.45, 7) is 1.36. The molecule has 0 aliphatic carbocycles. The summed E-state index contributed by atoms with van der Waals surface area (Å²) in [5.74, 6) is -0.933. The summed E-state index contributed by atoms with van der Waals surface area (Å²) >= 11 is 6.05. The highest BCUT2D eigenvalue weighted by Gasteiger charge is 2.32. The van der Waals surface area contributed by atoms with Crippen molar-refractivity contribution < 1.29 is 14.2 Å². The van der Waals surface area contributed by atoms with Gasteiger partial charge in [-0.25, -0.2) is 4.39 Å². The molecule has 1 heterocycles. The normalized spacial score (nSPS) is 23.1. The fraction of sp³-hybridized carbons (Fsp3) is 0.571. The Labute approximate surface area is 117 Å². The van der Waals surface area contributed by atoms with Crippen LogP contribution in [-0.2, 0) is 4.74 Å². The van der Waals surface area contributed by atoms with Gasteiger partial charge in [0.2, 0.25) is 0 Å². The maximum atomic E-state index is 13.9. The first-order chi connectivity index (χ1) is 9.15. The number of benzene rings is 1. The zero-order valence-corrected chi connectivity index (χ0v) is 11.4. The van der Waals surface area contributed by atoms with Gasteiger partial charge in [-0.3, -0.25) is 0 Å². The molecule has 1 aromatic rings. The molecule has 0 amide bonds. The Morgan fingerprint density at radius 3 is 2.89 bits per heavy atom. The molecule has 1 fully saturated rings. The van der Waals surface area contributed by atoms with Crippen molar-refractivity contribution in [2.75, 3.05) is 19.8 Å². The monoisotopic (exact) mass is 287 g/mol. The largest absolute Gasteiger partial charge is 0.392 e. The van der Waals surface area contributed by atoms with Crippen LogP contribution in [0.3, 0.4) is 0 Å². The van der Waals surface area contributed by atoms with Crippen molar-refractivity contribution in [2.45, 2.75) is 24.9 Å². The van der Waals surface area contributed by atoms with E-state index in [0.717, 1.165) is 19.4 Å². The van der Waals surface area contributed by atoms with Crippen LogP contribution in [-0.4, -0.2) is 31.0 Å².